The molecule has 1 N–H and O–H groups in total. The van der Waals surface area contributed by atoms with E-state index in [4.69, 9.17) is 14.5 Å². The molecule has 4 rings (SSSR count). The number of aromatic nitrogens is 2. The number of para-hydroxylation sites is 2. The van der Waals surface area contributed by atoms with Crippen LogP contribution in [0.4, 0.5) is 0 Å². The second-order valence-corrected chi connectivity index (χ2v) is 10.1. The number of methoxy groups -OCH3 is 1. The lowest BCUT2D eigenvalue weighted by Gasteiger charge is -2.13. The summed E-state index contributed by atoms with van der Waals surface area (Å²) in [5.41, 5.74) is 5.14. The SMILES string of the molecule is C=CCc1ccc(OCCCCn2c(CCCCCNC(=O)c3ccccc3C)nc3ccccc32)c(OC)c1. The van der Waals surface area contributed by atoms with Crippen molar-refractivity contribution < 1.29 is 14.3 Å². The van der Waals surface area contributed by atoms with Crippen LogP contribution in [0.3, 0.4) is 0 Å². The lowest BCUT2D eigenvalue weighted by Crippen LogP contribution is -2.25. The molecule has 0 aliphatic carbocycles. The lowest BCUT2D eigenvalue weighted by atomic mass is 10.1. The smallest absolute Gasteiger partial charge is 0.251 e. The molecule has 0 aliphatic heterocycles. The molecule has 210 valence electrons. The predicted molar refractivity (Wildman–Crippen MR) is 162 cm³/mol. The van der Waals surface area contributed by atoms with E-state index in [1.54, 1.807) is 7.11 Å². The molecule has 0 bridgehead atoms. The Morgan fingerprint density at radius 1 is 0.975 bits per heavy atom. The number of rotatable bonds is 16. The molecule has 40 heavy (non-hydrogen) atoms. The number of nitrogens with zero attached hydrogens (tertiary/aromatic N) is 2. The normalized spacial score (nSPS) is 10.9. The maximum absolute atomic E-state index is 12.4. The minimum atomic E-state index is 0.00650. The quantitative estimate of drug-likeness (QED) is 0.122. The van der Waals surface area contributed by atoms with Crippen molar-refractivity contribution >= 4 is 16.9 Å². The number of hydrogen-bond acceptors (Lipinski definition) is 4. The van der Waals surface area contributed by atoms with Gasteiger partial charge in [0.1, 0.15) is 5.82 Å². The molecule has 1 aromatic heterocycles. The van der Waals surface area contributed by atoms with E-state index in [1.165, 1.54) is 5.52 Å². The summed E-state index contributed by atoms with van der Waals surface area (Å²) in [6.07, 6.45) is 8.57. The predicted octanol–water partition coefficient (Wildman–Crippen LogP) is 7.08. The lowest BCUT2D eigenvalue weighted by molar-refractivity contribution is 0.0952. The molecule has 3 aromatic carbocycles. The second-order valence-electron chi connectivity index (χ2n) is 10.1. The minimum Gasteiger partial charge on any atom is -0.493 e. The molecule has 0 atom stereocenters. The molecule has 0 radical (unpaired) electrons. The van der Waals surface area contributed by atoms with Gasteiger partial charge in [-0.3, -0.25) is 4.79 Å². The number of carbonyl (C=O) groups is 1. The summed E-state index contributed by atoms with van der Waals surface area (Å²) in [4.78, 5) is 17.4. The third-order valence-electron chi connectivity index (χ3n) is 7.13. The number of aryl methyl sites for hydroxylation is 3. The first-order valence-electron chi connectivity index (χ1n) is 14.3. The summed E-state index contributed by atoms with van der Waals surface area (Å²) in [6.45, 7) is 7.99. The number of allylic oxidation sites excluding steroid dienone is 1. The van der Waals surface area contributed by atoms with Crippen LogP contribution in [0.1, 0.15) is 59.4 Å². The average Bonchev–Trinajstić information content (AvgIpc) is 3.32. The van der Waals surface area contributed by atoms with Crippen LogP contribution in [0.5, 0.6) is 11.5 Å². The average molecular weight is 540 g/mol. The molecule has 0 saturated heterocycles. The van der Waals surface area contributed by atoms with Crippen molar-refractivity contribution in [2.24, 2.45) is 0 Å². The minimum absolute atomic E-state index is 0.00650. The van der Waals surface area contributed by atoms with E-state index >= 15 is 0 Å². The highest BCUT2D eigenvalue weighted by molar-refractivity contribution is 5.95. The van der Waals surface area contributed by atoms with Crippen LogP contribution < -0.4 is 14.8 Å². The van der Waals surface area contributed by atoms with Gasteiger partial charge in [-0.25, -0.2) is 4.98 Å². The van der Waals surface area contributed by atoms with Gasteiger partial charge < -0.3 is 19.4 Å². The summed E-state index contributed by atoms with van der Waals surface area (Å²) < 4.78 is 13.9. The van der Waals surface area contributed by atoms with Gasteiger partial charge in [0, 0.05) is 25.1 Å². The molecule has 6 heteroatoms. The van der Waals surface area contributed by atoms with E-state index in [2.05, 4.69) is 40.7 Å². The van der Waals surface area contributed by atoms with E-state index in [9.17, 15) is 4.79 Å². The highest BCUT2D eigenvalue weighted by Gasteiger charge is 2.11. The van der Waals surface area contributed by atoms with Crippen LogP contribution in [0.25, 0.3) is 11.0 Å². The van der Waals surface area contributed by atoms with Gasteiger partial charge in [-0.05, 0) is 80.5 Å². The van der Waals surface area contributed by atoms with Crippen molar-refractivity contribution in [1.29, 1.82) is 0 Å². The number of hydrogen-bond donors (Lipinski definition) is 1. The van der Waals surface area contributed by atoms with Crippen molar-refractivity contribution in [1.82, 2.24) is 14.9 Å². The first kappa shape index (κ1) is 28.9. The first-order chi connectivity index (χ1) is 19.6. The van der Waals surface area contributed by atoms with Gasteiger partial charge in [0.25, 0.3) is 5.91 Å². The van der Waals surface area contributed by atoms with Gasteiger partial charge in [-0.2, -0.15) is 0 Å². The number of ether oxygens (including phenoxy) is 2. The van der Waals surface area contributed by atoms with Crippen LogP contribution in [0.2, 0.25) is 0 Å². The van der Waals surface area contributed by atoms with Crippen LogP contribution in [-0.4, -0.2) is 35.7 Å². The second kappa shape index (κ2) is 14.9. The van der Waals surface area contributed by atoms with Crippen molar-refractivity contribution in [2.75, 3.05) is 20.3 Å². The van der Waals surface area contributed by atoms with E-state index in [0.29, 0.717) is 13.2 Å². The Hall–Kier alpha value is -4.06. The van der Waals surface area contributed by atoms with Crippen molar-refractivity contribution in [3.05, 3.63) is 102 Å². The zero-order valence-corrected chi connectivity index (χ0v) is 23.8. The molecule has 4 aromatic rings. The Labute approximate surface area is 238 Å². The van der Waals surface area contributed by atoms with E-state index in [0.717, 1.165) is 91.0 Å². The standard InChI is InChI=1S/C34H41N3O3/c1-4-14-27-20-21-31(32(25-27)39-3)40-24-13-12-23-37-30-18-10-9-17-29(30)36-33(37)19-6-5-11-22-35-34(38)28-16-8-7-15-26(28)2/h4,7-10,15-18,20-21,25H,1,5-6,11-14,19,22-24H2,2-3H3,(H,35,38). The van der Waals surface area contributed by atoms with Gasteiger partial charge >= 0.3 is 0 Å². The fraction of sp³-hybridized carbons (Fsp3) is 0.353. The third-order valence-corrected chi connectivity index (χ3v) is 7.13. The highest BCUT2D eigenvalue weighted by Crippen LogP contribution is 2.28. The number of nitrogens with one attached hydrogen (secondary N) is 1. The van der Waals surface area contributed by atoms with Crippen LogP contribution >= 0.6 is 0 Å². The molecule has 0 aliphatic rings. The van der Waals surface area contributed by atoms with Gasteiger partial charge in [-0.15, -0.1) is 6.58 Å². The van der Waals surface area contributed by atoms with Gasteiger partial charge in [-0.1, -0.05) is 48.9 Å². The Balaban J connectivity index is 1.23. The zero-order valence-electron chi connectivity index (χ0n) is 23.8. The number of imidazole rings is 1. The largest absolute Gasteiger partial charge is 0.493 e. The fourth-order valence-corrected chi connectivity index (χ4v) is 4.95. The van der Waals surface area contributed by atoms with E-state index in [1.807, 2.05) is 55.5 Å². The van der Waals surface area contributed by atoms with Crippen LogP contribution in [-0.2, 0) is 19.4 Å². The number of carbonyl (C=O) groups excluding carboxylic acids is 1. The van der Waals surface area contributed by atoms with Crippen LogP contribution in [0, 0.1) is 6.92 Å². The van der Waals surface area contributed by atoms with Crippen LogP contribution in [0.15, 0.2) is 79.4 Å². The topological polar surface area (TPSA) is 65.4 Å². The molecule has 0 spiro atoms. The molecule has 0 saturated carbocycles. The van der Waals surface area contributed by atoms with Crippen molar-refractivity contribution in [2.45, 2.75) is 58.4 Å². The maximum atomic E-state index is 12.4. The Kier molecular flexibility index (Phi) is 10.8. The van der Waals surface area contributed by atoms with Gasteiger partial charge in [0.05, 0.1) is 24.8 Å². The Bertz CT molecular complexity index is 1410. The number of amides is 1. The van der Waals surface area contributed by atoms with Crippen molar-refractivity contribution in [3.63, 3.8) is 0 Å². The summed E-state index contributed by atoms with van der Waals surface area (Å²) in [5, 5.41) is 3.06. The van der Waals surface area contributed by atoms with Crippen molar-refractivity contribution in [3.8, 4) is 11.5 Å². The molecule has 6 nitrogen and oxygen atoms in total. The van der Waals surface area contributed by atoms with E-state index in [-0.39, 0.29) is 5.91 Å². The molecule has 0 fully saturated rings. The highest BCUT2D eigenvalue weighted by atomic mass is 16.5. The first-order valence-corrected chi connectivity index (χ1v) is 14.3. The fourth-order valence-electron chi connectivity index (χ4n) is 4.95. The number of benzene rings is 3. The molecule has 1 heterocycles. The van der Waals surface area contributed by atoms with Gasteiger partial charge in [0.15, 0.2) is 11.5 Å². The summed E-state index contributed by atoms with van der Waals surface area (Å²) in [6, 6.07) is 22.1. The summed E-state index contributed by atoms with van der Waals surface area (Å²) in [7, 11) is 1.67. The maximum Gasteiger partial charge on any atom is 0.251 e. The van der Waals surface area contributed by atoms with Gasteiger partial charge in [0.2, 0.25) is 0 Å². The number of fused-ring (bicyclic) bond motifs is 1. The Morgan fingerprint density at radius 2 is 1.80 bits per heavy atom. The number of unbranched alkanes of at least 4 members (excludes halogenated alkanes) is 3. The zero-order chi connectivity index (χ0) is 28.2. The Morgan fingerprint density at radius 3 is 2.62 bits per heavy atom. The molecule has 0 unspecified atom stereocenters. The monoisotopic (exact) mass is 539 g/mol. The van der Waals surface area contributed by atoms with E-state index < -0.39 is 0 Å². The molecular formula is C34H41N3O3. The molecular weight excluding hydrogens is 498 g/mol. The summed E-state index contributed by atoms with van der Waals surface area (Å²) in [5.74, 6) is 2.67. The third kappa shape index (κ3) is 7.75. The molecule has 1 amide bonds. The summed E-state index contributed by atoms with van der Waals surface area (Å²) >= 11 is 0.